The van der Waals surface area contributed by atoms with Gasteiger partial charge >= 0.3 is 0 Å². The highest BCUT2D eigenvalue weighted by Gasteiger charge is 2.10. The zero-order valence-corrected chi connectivity index (χ0v) is 18.1. The van der Waals surface area contributed by atoms with Crippen LogP contribution in [0, 0.1) is 14.9 Å². The minimum atomic E-state index is -0.450. The van der Waals surface area contributed by atoms with Crippen molar-refractivity contribution in [1.82, 2.24) is 0 Å². The van der Waals surface area contributed by atoms with Crippen molar-refractivity contribution in [1.29, 1.82) is 5.26 Å². The summed E-state index contributed by atoms with van der Waals surface area (Å²) in [5.74, 6) is 0.220. The lowest BCUT2D eigenvalue weighted by Gasteiger charge is -2.08. The summed E-state index contributed by atoms with van der Waals surface area (Å²) in [4.78, 5) is 12.4. The maximum Gasteiger partial charge on any atom is 0.266 e. The van der Waals surface area contributed by atoms with Crippen LogP contribution in [0.25, 0.3) is 6.08 Å². The molecular formula is C23H16ClIN2O2. The highest BCUT2D eigenvalue weighted by molar-refractivity contribution is 14.1. The number of nitrogens with zero attached hydrogens (tertiary/aromatic N) is 1. The number of amides is 1. The SMILES string of the molecule is N#C/C(=C\c1ccc(OCc2ccccc2Cl)cc1)C(=O)Nc1cccc(I)c1. The van der Waals surface area contributed by atoms with Crippen molar-refractivity contribution < 1.29 is 9.53 Å². The molecular weight excluding hydrogens is 499 g/mol. The second kappa shape index (κ2) is 10.1. The van der Waals surface area contributed by atoms with Gasteiger partial charge in [0, 0.05) is 19.8 Å². The molecule has 3 aromatic carbocycles. The summed E-state index contributed by atoms with van der Waals surface area (Å²) in [5.41, 5.74) is 2.29. The molecule has 144 valence electrons. The molecule has 4 nitrogen and oxygen atoms in total. The number of ether oxygens (including phenoxy) is 1. The first-order valence-electron chi connectivity index (χ1n) is 8.70. The van der Waals surface area contributed by atoms with E-state index in [0.717, 1.165) is 14.7 Å². The predicted octanol–water partition coefficient (Wildman–Crippen LogP) is 6.07. The molecule has 0 aliphatic carbocycles. The standard InChI is InChI=1S/C23H16ClIN2O2/c24-22-7-2-1-4-17(22)15-29-21-10-8-16(9-11-21)12-18(14-26)23(28)27-20-6-3-5-19(25)13-20/h1-13H,15H2,(H,27,28)/b18-12+. The van der Waals surface area contributed by atoms with E-state index in [9.17, 15) is 10.1 Å². The summed E-state index contributed by atoms with van der Waals surface area (Å²) >= 11 is 8.29. The van der Waals surface area contributed by atoms with Gasteiger partial charge in [-0.1, -0.05) is 48.0 Å². The zero-order chi connectivity index (χ0) is 20.6. The third-order valence-corrected chi connectivity index (χ3v) is 5.03. The molecule has 1 amide bonds. The van der Waals surface area contributed by atoms with Gasteiger partial charge < -0.3 is 10.1 Å². The van der Waals surface area contributed by atoms with E-state index in [1.807, 2.05) is 48.5 Å². The summed E-state index contributed by atoms with van der Waals surface area (Å²) in [6.07, 6.45) is 1.54. The number of nitrogens with one attached hydrogen (secondary N) is 1. The molecule has 0 unspecified atom stereocenters. The van der Waals surface area contributed by atoms with E-state index < -0.39 is 5.91 Å². The van der Waals surface area contributed by atoms with Crippen LogP contribution in [0.3, 0.4) is 0 Å². The summed E-state index contributed by atoms with van der Waals surface area (Å²) in [6.45, 7) is 0.358. The number of carbonyl (C=O) groups is 1. The molecule has 0 bridgehead atoms. The molecule has 0 saturated heterocycles. The number of hydrogen-bond donors (Lipinski definition) is 1. The number of rotatable bonds is 6. The number of nitriles is 1. The molecule has 0 fully saturated rings. The van der Waals surface area contributed by atoms with Crippen LogP contribution in [0.1, 0.15) is 11.1 Å². The largest absolute Gasteiger partial charge is 0.489 e. The molecule has 0 aromatic heterocycles. The van der Waals surface area contributed by atoms with E-state index in [0.29, 0.717) is 23.1 Å². The number of anilines is 1. The molecule has 0 aliphatic heterocycles. The van der Waals surface area contributed by atoms with Crippen molar-refractivity contribution in [3.63, 3.8) is 0 Å². The van der Waals surface area contributed by atoms with Gasteiger partial charge in [-0.2, -0.15) is 5.26 Å². The maximum atomic E-state index is 12.4. The highest BCUT2D eigenvalue weighted by Crippen LogP contribution is 2.20. The van der Waals surface area contributed by atoms with E-state index in [2.05, 4.69) is 27.9 Å². The lowest BCUT2D eigenvalue weighted by atomic mass is 10.1. The van der Waals surface area contributed by atoms with Crippen molar-refractivity contribution in [2.24, 2.45) is 0 Å². The Kier molecular flexibility index (Phi) is 7.28. The van der Waals surface area contributed by atoms with E-state index in [1.54, 1.807) is 36.4 Å². The topological polar surface area (TPSA) is 62.1 Å². The minimum absolute atomic E-state index is 0.0218. The lowest BCUT2D eigenvalue weighted by Crippen LogP contribution is -2.13. The Labute approximate surface area is 187 Å². The number of benzene rings is 3. The normalized spacial score (nSPS) is 10.9. The van der Waals surface area contributed by atoms with Crippen molar-refractivity contribution >= 4 is 51.9 Å². The van der Waals surface area contributed by atoms with Crippen molar-refractivity contribution in [2.45, 2.75) is 6.61 Å². The summed E-state index contributed by atoms with van der Waals surface area (Å²) < 4.78 is 6.74. The van der Waals surface area contributed by atoms with Gasteiger partial charge in [-0.05, 0) is 70.6 Å². The van der Waals surface area contributed by atoms with E-state index in [-0.39, 0.29) is 5.57 Å². The summed E-state index contributed by atoms with van der Waals surface area (Å²) in [5, 5.41) is 12.8. The van der Waals surface area contributed by atoms with Gasteiger partial charge in [0.1, 0.15) is 24.0 Å². The smallest absolute Gasteiger partial charge is 0.266 e. The molecule has 6 heteroatoms. The van der Waals surface area contributed by atoms with Crippen LogP contribution in [-0.2, 0) is 11.4 Å². The Bertz CT molecular complexity index is 1090. The predicted molar refractivity (Wildman–Crippen MR) is 124 cm³/mol. The molecule has 3 rings (SSSR count). The van der Waals surface area contributed by atoms with Crippen LogP contribution in [0.4, 0.5) is 5.69 Å². The first-order valence-corrected chi connectivity index (χ1v) is 10.2. The van der Waals surface area contributed by atoms with Crippen LogP contribution in [0.2, 0.25) is 5.02 Å². The van der Waals surface area contributed by atoms with Gasteiger partial charge in [-0.15, -0.1) is 0 Å². The van der Waals surface area contributed by atoms with Crippen molar-refractivity contribution in [3.8, 4) is 11.8 Å². The van der Waals surface area contributed by atoms with E-state index in [4.69, 9.17) is 16.3 Å². The number of hydrogen-bond acceptors (Lipinski definition) is 3. The summed E-state index contributed by atoms with van der Waals surface area (Å²) in [7, 11) is 0. The first-order chi connectivity index (χ1) is 14.0. The van der Waals surface area contributed by atoms with Gasteiger partial charge in [0.05, 0.1) is 0 Å². The Hall–Kier alpha value is -2.82. The van der Waals surface area contributed by atoms with Crippen LogP contribution >= 0.6 is 34.2 Å². The second-order valence-corrected chi connectivity index (χ2v) is 7.74. The van der Waals surface area contributed by atoms with Crippen molar-refractivity contribution in [3.05, 3.63) is 98.1 Å². The van der Waals surface area contributed by atoms with Crippen LogP contribution in [0.15, 0.2) is 78.4 Å². The van der Waals surface area contributed by atoms with Crippen LogP contribution in [-0.4, -0.2) is 5.91 Å². The molecule has 0 spiro atoms. The third kappa shape index (κ3) is 6.08. The lowest BCUT2D eigenvalue weighted by molar-refractivity contribution is -0.112. The van der Waals surface area contributed by atoms with Crippen molar-refractivity contribution in [2.75, 3.05) is 5.32 Å². The molecule has 0 saturated carbocycles. The van der Waals surface area contributed by atoms with Crippen LogP contribution in [0.5, 0.6) is 5.75 Å². The fourth-order valence-corrected chi connectivity index (χ4v) is 3.25. The number of halogens is 2. The molecule has 0 radical (unpaired) electrons. The van der Waals surface area contributed by atoms with E-state index >= 15 is 0 Å². The fraction of sp³-hybridized carbons (Fsp3) is 0.0435. The van der Waals surface area contributed by atoms with Gasteiger partial charge in [-0.3, -0.25) is 4.79 Å². The quantitative estimate of drug-likeness (QED) is 0.247. The molecule has 3 aromatic rings. The van der Waals surface area contributed by atoms with Gasteiger partial charge in [0.25, 0.3) is 5.91 Å². The summed E-state index contributed by atoms with van der Waals surface area (Å²) in [6, 6.07) is 24.0. The minimum Gasteiger partial charge on any atom is -0.489 e. The Morgan fingerprint density at radius 3 is 2.55 bits per heavy atom. The molecule has 1 N–H and O–H groups in total. The van der Waals surface area contributed by atoms with Gasteiger partial charge in [-0.25, -0.2) is 0 Å². The third-order valence-electron chi connectivity index (χ3n) is 3.99. The maximum absolute atomic E-state index is 12.4. The Morgan fingerprint density at radius 2 is 1.86 bits per heavy atom. The van der Waals surface area contributed by atoms with Gasteiger partial charge in [0.2, 0.25) is 0 Å². The zero-order valence-electron chi connectivity index (χ0n) is 15.2. The molecule has 0 atom stereocenters. The Balaban J connectivity index is 1.66. The average Bonchev–Trinajstić information content (AvgIpc) is 2.72. The molecule has 0 aliphatic rings. The van der Waals surface area contributed by atoms with Gasteiger partial charge in [0.15, 0.2) is 0 Å². The monoisotopic (exact) mass is 514 g/mol. The highest BCUT2D eigenvalue weighted by atomic mass is 127. The average molecular weight is 515 g/mol. The number of carbonyl (C=O) groups excluding carboxylic acids is 1. The van der Waals surface area contributed by atoms with E-state index in [1.165, 1.54) is 0 Å². The Morgan fingerprint density at radius 1 is 1.10 bits per heavy atom. The second-order valence-electron chi connectivity index (χ2n) is 6.08. The van der Waals surface area contributed by atoms with Crippen LogP contribution < -0.4 is 10.1 Å². The molecule has 29 heavy (non-hydrogen) atoms. The first kappa shape index (κ1) is 20.9. The fourth-order valence-electron chi connectivity index (χ4n) is 2.52. The molecule has 0 heterocycles.